The summed E-state index contributed by atoms with van der Waals surface area (Å²) in [5.41, 5.74) is 23.0. The molecule has 0 atom stereocenters. The van der Waals surface area contributed by atoms with Crippen molar-refractivity contribution in [3.05, 3.63) is 275 Å². The van der Waals surface area contributed by atoms with Gasteiger partial charge in [-0.25, -0.2) is 0 Å². The van der Waals surface area contributed by atoms with Crippen molar-refractivity contribution in [3.63, 3.8) is 0 Å². The number of benzene rings is 10. The molecule has 6 nitrogen and oxygen atoms in total. The molecule has 2 aromatic heterocycles. The molecule has 0 amide bonds. The number of pyridine rings is 1. The van der Waals surface area contributed by atoms with E-state index in [1.807, 2.05) is 6.20 Å². The molecule has 0 radical (unpaired) electrons. The monoisotopic (exact) mass is 1340 g/mol. The van der Waals surface area contributed by atoms with Gasteiger partial charge in [-0.1, -0.05) is 111 Å². The van der Waals surface area contributed by atoms with Crippen molar-refractivity contribution in [1.82, 2.24) is 14.1 Å². The molecule has 12 aromatic rings. The van der Waals surface area contributed by atoms with Gasteiger partial charge in [0.2, 0.25) is 0 Å². The van der Waals surface area contributed by atoms with Gasteiger partial charge < -0.3 is 4.90 Å². The number of fused-ring (bicyclic) bond motifs is 7. The number of imidazole rings is 1. The van der Waals surface area contributed by atoms with Gasteiger partial charge in [0, 0.05) is 17.4 Å². The van der Waals surface area contributed by atoms with Gasteiger partial charge in [0.15, 0.2) is 0 Å². The average molecular weight is 1340 g/mol. The summed E-state index contributed by atoms with van der Waals surface area (Å²) in [5.74, 6) is 2.21. The van der Waals surface area contributed by atoms with Crippen molar-refractivity contribution in [1.29, 1.82) is 0 Å². The third kappa shape index (κ3) is 11.2. The van der Waals surface area contributed by atoms with Crippen LogP contribution < -0.4 is 14.5 Å². The molecule has 1 aliphatic heterocycles. The fourth-order valence-corrected chi connectivity index (χ4v) is 13.6. The first-order valence-corrected chi connectivity index (χ1v) is 32.1. The molecule has 7 heteroatoms. The number of nitrogens with zero attached hydrogens (tertiary/aromatic N) is 5. The molecule has 0 aliphatic carbocycles. The summed E-state index contributed by atoms with van der Waals surface area (Å²) >= 11 is 2.55. The molecule has 89 heavy (non-hydrogen) atoms. The van der Waals surface area contributed by atoms with E-state index in [0.717, 1.165) is 93.8 Å². The Balaban J connectivity index is 1.02. The molecule has 10 aromatic carbocycles. The smallest absolute Gasteiger partial charge is 0.0615 e. The van der Waals surface area contributed by atoms with E-state index in [1.165, 1.54) is 33.4 Å². The average Bonchev–Trinajstić information content (AvgIpc) is 2.06. The third-order valence-electron chi connectivity index (χ3n) is 17.4. The summed E-state index contributed by atoms with van der Waals surface area (Å²) in [7, 11) is 0. The second kappa shape index (κ2) is 22.8. The summed E-state index contributed by atoms with van der Waals surface area (Å²) in [5, 5.41) is 0. The summed E-state index contributed by atoms with van der Waals surface area (Å²) in [4.78, 5) is 10.2. The van der Waals surface area contributed by atoms with Crippen LogP contribution in [-0.2, 0) is 41.0 Å². The first-order valence-electron chi connectivity index (χ1n) is 31.0. The number of hydrogen-bond donors (Lipinski definition) is 0. The standard InChI is InChI=1S/C82H77N5O.Pt/c1-79(2,3)57-38-41-61(42-39-57)86-71-34-21-19-32-65(71)67-44-43-64(53-76(67)87(77-51-59(46-47-83-77)81(7,8)9)73-45-40-58(80(4,5)6)48-70(73)66-33-20-22-35-72(66)86)88-63-31-25-30-62(52-63)84-54-85(75-37-24-23-36-74(75)84)78-68(55-26-15-13-16-27-55)49-60(82(10,11)12)50-69(78)56-28-17-14-18-29-56;/h13-53H,1-12H3;. The summed E-state index contributed by atoms with van der Waals surface area (Å²) < 4.78 is 13.1. The van der Waals surface area contributed by atoms with Gasteiger partial charge in [0.05, 0.1) is 5.69 Å². The summed E-state index contributed by atoms with van der Waals surface area (Å²) in [6, 6.07) is 88.8. The Morgan fingerprint density at radius 3 is 1.40 bits per heavy atom. The van der Waals surface area contributed by atoms with Crippen molar-refractivity contribution in [3.8, 4) is 67.4 Å². The minimum absolute atomic E-state index is 0.0121. The van der Waals surface area contributed by atoms with E-state index >= 15 is 0 Å². The Morgan fingerprint density at radius 2 is 0.809 bits per heavy atom. The van der Waals surface area contributed by atoms with Crippen molar-refractivity contribution in [2.75, 3.05) is 9.80 Å². The van der Waals surface area contributed by atoms with Crippen LogP contribution in [0, 0.1) is 3.80 Å². The van der Waals surface area contributed by atoms with Gasteiger partial charge in [0.25, 0.3) is 0 Å². The van der Waals surface area contributed by atoms with Gasteiger partial charge >= 0.3 is 332 Å². The number of hydrogen-bond acceptors (Lipinski definition) is 4. The van der Waals surface area contributed by atoms with Crippen molar-refractivity contribution >= 4 is 45.3 Å². The van der Waals surface area contributed by atoms with E-state index in [-0.39, 0.29) is 21.7 Å². The van der Waals surface area contributed by atoms with E-state index in [9.17, 15) is 0 Å². The van der Waals surface area contributed by atoms with Gasteiger partial charge in [-0.2, -0.15) is 0 Å². The molecular formula is C82H77N5OPt. The molecule has 0 fully saturated rings. The second-order valence-corrected chi connectivity index (χ2v) is 28.7. The van der Waals surface area contributed by atoms with Crippen LogP contribution in [0.4, 0.5) is 34.3 Å². The molecule has 0 saturated heterocycles. The molecule has 0 saturated carbocycles. The Kier molecular flexibility index (Phi) is 15.1. The van der Waals surface area contributed by atoms with Crippen LogP contribution in [0.15, 0.2) is 249 Å². The molecule has 0 bridgehead atoms. The fraction of sp³-hybridized carbons (Fsp3) is 0.195. The Bertz CT molecular complexity index is 4640. The third-order valence-corrected chi connectivity index (χ3v) is 18.4. The SMILES string of the molecule is CC(C)(C)c1ccc(N2c3ccccc3-c3cc(C(C)(C)C)ccc3N(c3cc(C(C)(C)C)ccn3)c3cc(Oc4cccc(-n5[c](=[Pt])n(-c6c(-c7ccccc7)cc(C(C)(C)C)cc6-c6ccccc6)c6ccccc65)c4)ccc3-c3ccccc32)cc1. The van der Waals surface area contributed by atoms with Gasteiger partial charge in [-0.3, -0.25) is 0 Å². The number of para-hydroxylation sites is 4. The molecule has 3 heterocycles. The molecule has 0 unspecified atom stereocenters. The van der Waals surface area contributed by atoms with Crippen LogP contribution in [0.2, 0.25) is 0 Å². The molecule has 1 aliphatic rings. The van der Waals surface area contributed by atoms with Crippen LogP contribution in [0.3, 0.4) is 0 Å². The maximum atomic E-state index is 7.28. The molecule has 13 rings (SSSR count). The minimum Gasteiger partial charge on any atom is -0.0615 e. The molecule has 446 valence electrons. The van der Waals surface area contributed by atoms with Gasteiger partial charge in [0.1, 0.15) is 0 Å². The topological polar surface area (TPSA) is 38.5 Å². The summed E-state index contributed by atoms with van der Waals surface area (Å²) in [6.07, 6.45) is 1.97. The Morgan fingerprint density at radius 1 is 0.326 bits per heavy atom. The predicted octanol–water partition coefficient (Wildman–Crippen LogP) is 22.8. The number of rotatable bonds is 8. The zero-order valence-corrected chi connectivity index (χ0v) is 55.4. The maximum absolute atomic E-state index is 7.28. The van der Waals surface area contributed by atoms with E-state index in [4.69, 9.17) is 9.72 Å². The van der Waals surface area contributed by atoms with Crippen LogP contribution in [-0.4, -0.2) is 14.1 Å². The number of anilines is 6. The van der Waals surface area contributed by atoms with Crippen molar-refractivity contribution in [2.24, 2.45) is 0 Å². The van der Waals surface area contributed by atoms with Gasteiger partial charge in [-0.05, 0) is 69.3 Å². The Labute approximate surface area is 536 Å². The van der Waals surface area contributed by atoms with Crippen LogP contribution >= 0.6 is 0 Å². The first kappa shape index (κ1) is 58.9. The fourth-order valence-electron chi connectivity index (χ4n) is 12.5. The van der Waals surface area contributed by atoms with Crippen molar-refractivity contribution < 1.29 is 24.1 Å². The van der Waals surface area contributed by atoms with E-state index < -0.39 is 0 Å². The molecule has 0 N–H and O–H groups in total. The van der Waals surface area contributed by atoms with E-state index in [1.54, 1.807) is 0 Å². The Hall–Kier alpha value is -9.09. The van der Waals surface area contributed by atoms with Crippen LogP contribution in [0.5, 0.6) is 11.5 Å². The normalized spacial score (nSPS) is 12.7. The van der Waals surface area contributed by atoms with E-state index in [2.05, 4.69) is 364 Å². The molecule has 0 spiro atoms. The van der Waals surface area contributed by atoms with Crippen LogP contribution in [0.1, 0.15) is 105 Å². The predicted molar refractivity (Wildman–Crippen MR) is 370 cm³/mol. The van der Waals surface area contributed by atoms with E-state index in [0.29, 0.717) is 11.5 Å². The minimum atomic E-state index is -0.151. The van der Waals surface area contributed by atoms with Gasteiger partial charge in [-0.15, -0.1) is 0 Å². The van der Waals surface area contributed by atoms with Crippen LogP contribution in [0.25, 0.3) is 66.9 Å². The zero-order valence-electron chi connectivity index (χ0n) is 53.1. The quantitative estimate of drug-likeness (QED) is 0.152. The number of aromatic nitrogens is 3. The first-order chi connectivity index (χ1) is 42.6. The number of ether oxygens (including phenoxy) is 1. The summed E-state index contributed by atoms with van der Waals surface area (Å²) in [6.45, 7) is 27.5. The zero-order chi connectivity index (χ0) is 62.1. The van der Waals surface area contributed by atoms with Crippen molar-refractivity contribution in [2.45, 2.75) is 105 Å². The second-order valence-electron chi connectivity index (χ2n) is 27.7. The molecular weight excluding hydrogens is 1270 g/mol.